The van der Waals surface area contributed by atoms with Crippen LogP contribution in [0.15, 0.2) is 23.2 Å². The van der Waals surface area contributed by atoms with Gasteiger partial charge in [0.15, 0.2) is 0 Å². The van der Waals surface area contributed by atoms with Gasteiger partial charge < -0.3 is 0 Å². The minimum absolute atomic E-state index is 1.06. The van der Waals surface area contributed by atoms with E-state index in [2.05, 4.69) is 32.0 Å². The quantitative estimate of drug-likeness (QED) is 0.779. The fraction of sp³-hybridized carbons (Fsp3) is 0.417. The molecule has 1 aromatic rings. The Morgan fingerprint density at radius 2 is 1.73 bits per heavy atom. The molecule has 0 atom stereocenters. The lowest BCUT2D eigenvalue weighted by molar-refractivity contribution is 1.08. The Morgan fingerprint density at radius 3 is 2.13 bits per heavy atom. The standard InChI is InChI=1S/C12H15NS2/c1-3-9-6-5-7-10(4-2)11(9)13-12-14-8-15-12/h5-7H,3-4,8H2,1-2H3. The molecule has 1 saturated heterocycles. The lowest BCUT2D eigenvalue weighted by atomic mass is 10.0. The van der Waals surface area contributed by atoms with Crippen molar-refractivity contribution in [2.45, 2.75) is 26.7 Å². The summed E-state index contributed by atoms with van der Waals surface area (Å²) in [5.74, 6) is 0. The van der Waals surface area contributed by atoms with Crippen LogP contribution in [-0.4, -0.2) is 9.46 Å². The molecule has 80 valence electrons. The number of benzene rings is 1. The normalized spacial score (nSPS) is 14.9. The van der Waals surface area contributed by atoms with Crippen LogP contribution in [0.3, 0.4) is 0 Å². The van der Waals surface area contributed by atoms with Gasteiger partial charge in [0.1, 0.15) is 4.38 Å². The Bertz CT molecular complexity index is 357. The van der Waals surface area contributed by atoms with E-state index in [1.807, 2.05) is 23.5 Å². The van der Waals surface area contributed by atoms with Crippen LogP contribution in [0.25, 0.3) is 0 Å². The lowest BCUT2D eigenvalue weighted by Crippen LogP contribution is -1.99. The summed E-state index contributed by atoms with van der Waals surface area (Å²) in [6, 6.07) is 6.52. The van der Waals surface area contributed by atoms with E-state index in [-0.39, 0.29) is 0 Å². The Labute approximate surface area is 99.8 Å². The maximum Gasteiger partial charge on any atom is 0.132 e. The number of rotatable bonds is 3. The predicted molar refractivity (Wildman–Crippen MR) is 72.3 cm³/mol. The number of hydrogen-bond donors (Lipinski definition) is 0. The molecule has 0 radical (unpaired) electrons. The predicted octanol–water partition coefficient (Wildman–Crippen LogP) is 4.24. The van der Waals surface area contributed by atoms with Gasteiger partial charge in [-0.15, -0.1) is 0 Å². The Balaban J connectivity index is 2.40. The molecule has 0 unspecified atom stereocenters. The largest absolute Gasteiger partial charge is 0.234 e. The highest BCUT2D eigenvalue weighted by Crippen LogP contribution is 2.37. The lowest BCUT2D eigenvalue weighted by Gasteiger charge is -2.15. The molecule has 1 aromatic carbocycles. The molecular formula is C12H15NS2. The third-order valence-electron chi connectivity index (χ3n) is 2.53. The number of thioether (sulfide) groups is 2. The molecule has 1 nitrogen and oxygen atoms in total. The highest BCUT2D eigenvalue weighted by Gasteiger charge is 2.14. The van der Waals surface area contributed by atoms with Crippen LogP contribution in [0, 0.1) is 0 Å². The van der Waals surface area contributed by atoms with Crippen LogP contribution < -0.4 is 0 Å². The molecule has 0 amide bonds. The van der Waals surface area contributed by atoms with Gasteiger partial charge in [0.05, 0.1) is 10.8 Å². The van der Waals surface area contributed by atoms with E-state index >= 15 is 0 Å². The molecular weight excluding hydrogens is 222 g/mol. The summed E-state index contributed by atoms with van der Waals surface area (Å²) in [7, 11) is 0. The minimum Gasteiger partial charge on any atom is -0.234 e. The van der Waals surface area contributed by atoms with Crippen LogP contribution >= 0.6 is 23.5 Å². The van der Waals surface area contributed by atoms with Crippen LogP contribution in [0.4, 0.5) is 5.69 Å². The average molecular weight is 237 g/mol. The van der Waals surface area contributed by atoms with Gasteiger partial charge in [-0.05, 0) is 24.0 Å². The molecule has 1 aliphatic heterocycles. The van der Waals surface area contributed by atoms with Gasteiger partial charge >= 0.3 is 0 Å². The summed E-state index contributed by atoms with van der Waals surface area (Å²) in [5, 5.41) is 1.16. The summed E-state index contributed by atoms with van der Waals surface area (Å²) in [6.45, 7) is 4.39. The SMILES string of the molecule is CCc1cccc(CC)c1N=C1SCS1. The van der Waals surface area contributed by atoms with Crippen LogP contribution in [0.5, 0.6) is 0 Å². The zero-order chi connectivity index (χ0) is 10.7. The van der Waals surface area contributed by atoms with Crippen molar-refractivity contribution in [2.75, 3.05) is 5.08 Å². The van der Waals surface area contributed by atoms with Crippen LogP contribution in [0.2, 0.25) is 0 Å². The molecule has 0 N–H and O–H groups in total. The zero-order valence-corrected chi connectivity index (χ0v) is 10.8. The summed E-state index contributed by atoms with van der Waals surface area (Å²) in [4.78, 5) is 4.75. The van der Waals surface area contributed by atoms with Crippen molar-refractivity contribution < 1.29 is 0 Å². The van der Waals surface area contributed by atoms with E-state index in [1.54, 1.807) is 0 Å². The summed E-state index contributed by atoms with van der Waals surface area (Å²) in [6.07, 6.45) is 2.13. The summed E-state index contributed by atoms with van der Waals surface area (Å²) >= 11 is 3.70. The monoisotopic (exact) mass is 237 g/mol. The first kappa shape index (κ1) is 11.1. The maximum atomic E-state index is 4.75. The summed E-state index contributed by atoms with van der Waals surface area (Å²) < 4.78 is 1.23. The maximum absolute atomic E-state index is 4.75. The number of hydrogen-bond acceptors (Lipinski definition) is 3. The average Bonchev–Trinajstić information content (AvgIpc) is 2.23. The number of nitrogens with zero attached hydrogens (tertiary/aromatic N) is 1. The topological polar surface area (TPSA) is 12.4 Å². The van der Waals surface area contributed by atoms with Gasteiger partial charge in [0.25, 0.3) is 0 Å². The van der Waals surface area contributed by atoms with Crippen molar-refractivity contribution in [3.63, 3.8) is 0 Å². The number of para-hydroxylation sites is 1. The molecule has 0 saturated carbocycles. The third-order valence-corrected chi connectivity index (χ3v) is 4.86. The van der Waals surface area contributed by atoms with Crippen molar-refractivity contribution in [1.82, 2.24) is 0 Å². The summed E-state index contributed by atoms with van der Waals surface area (Å²) in [5.41, 5.74) is 3.96. The fourth-order valence-corrected chi connectivity index (χ4v) is 2.83. The molecule has 3 heteroatoms. The molecule has 0 spiro atoms. The van der Waals surface area contributed by atoms with Gasteiger partial charge in [-0.3, -0.25) is 0 Å². The van der Waals surface area contributed by atoms with Crippen molar-refractivity contribution in [3.8, 4) is 0 Å². The molecule has 0 bridgehead atoms. The van der Waals surface area contributed by atoms with Gasteiger partial charge in [0, 0.05) is 0 Å². The Morgan fingerprint density at radius 1 is 1.13 bits per heavy atom. The van der Waals surface area contributed by atoms with E-state index in [0.29, 0.717) is 0 Å². The molecule has 1 fully saturated rings. The van der Waals surface area contributed by atoms with Gasteiger partial charge in [-0.25, -0.2) is 4.99 Å². The smallest absolute Gasteiger partial charge is 0.132 e. The van der Waals surface area contributed by atoms with Crippen molar-refractivity contribution in [3.05, 3.63) is 29.3 Å². The van der Waals surface area contributed by atoms with E-state index in [1.165, 1.54) is 21.2 Å². The molecule has 0 aromatic heterocycles. The second-order valence-corrected chi connectivity index (χ2v) is 5.97. The molecule has 0 aliphatic carbocycles. The minimum atomic E-state index is 1.06. The van der Waals surface area contributed by atoms with Gasteiger partial charge in [0.2, 0.25) is 0 Å². The van der Waals surface area contributed by atoms with Gasteiger partial charge in [-0.1, -0.05) is 55.6 Å². The van der Waals surface area contributed by atoms with Crippen LogP contribution in [-0.2, 0) is 12.8 Å². The van der Waals surface area contributed by atoms with Crippen molar-refractivity contribution in [1.29, 1.82) is 0 Å². The Hall–Kier alpha value is -0.410. The van der Waals surface area contributed by atoms with E-state index in [0.717, 1.165) is 17.9 Å². The first-order chi connectivity index (χ1) is 7.35. The first-order valence-electron chi connectivity index (χ1n) is 5.30. The third kappa shape index (κ3) is 2.40. The first-order valence-corrected chi connectivity index (χ1v) is 7.27. The number of aryl methyl sites for hydroxylation is 2. The highest BCUT2D eigenvalue weighted by molar-refractivity contribution is 8.52. The van der Waals surface area contributed by atoms with Crippen molar-refractivity contribution >= 4 is 33.6 Å². The molecule has 15 heavy (non-hydrogen) atoms. The Kier molecular flexibility index (Phi) is 3.76. The number of aliphatic imine (C=N–C) groups is 1. The second-order valence-electron chi connectivity index (χ2n) is 3.42. The van der Waals surface area contributed by atoms with E-state index < -0.39 is 0 Å². The van der Waals surface area contributed by atoms with E-state index in [9.17, 15) is 0 Å². The van der Waals surface area contributed by atoms with E-state index in [4.69, 9.17) is 4.99 Å². The van der Waals surface area contributed by atoms with Crippen molar-refractivity contribution in [2.24, 2.45) is 4.99 Å². The second kappa shape index (κ2) is 5.08. The van der Waals surface area contributed by atoms with Gasteiger partial charge in [-0.2, -0.15) is 0 Å². The zero-order valence-electron chi connectivity index (χ0n) is 9.12. The fourth-order valence-electron chi connectivity index (χ4n) is 1.63. The molecule has 2 rings (SSSR count). The molecule has 1 heterocycles. The molecule has 1 aliphatic rings. The van der Waals surface area contributed by atoms with Crippen LogP contribution in [0.1, 0.15) is 25.0 Å². The highest BCUT2D eigenvalue weighted by atomic mass is 32.3.